The Labute approximate surface area is 135 Å². The van der Waals surface area contributed by atoms with E-state index in [1.807, 2.05) is 25.1 Å². The van der Waals surface area contributed by atoms with Gasteiger partial charge in [-0.05, 0) is 24.6 Å². The molecule has 0 radical (unpaired) electrons. The van der Waals surface area contributed by atoms with Crippen LogP contribution in [0.2, 0.25) is 0 Å². The van der Waals surface area contributed by atoms with Gasteiger partial charge in [0.15, 0.2) is 6.10 Å². The summed E-state index contributed by atoms with van der Waals surface area (Å²) in [7, 11) is 0. The fraction of sp³-hybridized carbons (Fsp3) is 0.222. The highest BCUT2D eigenvalue weighted by Crippen LogP contribution is 2.11. The first-order valence-electron chi connectivity index (χ1n) is 7.43. The van der Waals surface area contributed by atoms with Crippen molar-refractivity contribution in [2.75, 3.05) is 13.1 Å². The average molecular weight is 312 g/mol. The SMILES string of the molecule is Cc1cccc(C(=O)NCCNC(=O)C(O)c2ccccc2)c1. The van der Waals surface area contributed by atoms with E-state index in [1.165, 1.54) is 0 Å². The Morgan fingerprint density at radius 1 is 1.00 bits per heavy atom. The molecule has 0 aromatic heterocycles. The number of nitrogens with one attached hydrogen (secondary N) is 2. The zero-order valence-corrected chi connectivity index (χ0v) is 13.0. The van der Waals surface area contributed by atoms with Crippen molar-refractivity contribution in [2.24, 2.45) is 0 Å². The van der Waals surface area contributed by atoms with Crippen molar-refractivity contribution < 1.29 is 14.7 Å². The lowest BCUT2D eigenvalue weighted by atomic mass is 10.1. The van der Waals surface area contributed by atoms with Crippen LogP contribution in [-0.2, 0) is 4.79 Å². The summed E-state index contributed by atoms with van der Waals surface area (Å²) < 4.78 is 0. The Morgan fingerprint density at radius 3 is 2.39 bits per heavy atom. The maximum Gasteiger partial charge on any atom is 0.253 e. The highest BCUT2D eigenvalue weighted by Gasteiger charge is 2.16. The summed E-state index contributed by atoms with van der Waals surface area (Å²) in [5.41, 5.74) is 2.13. The van der Waals surface area contributed by atoms with Crippen molar-refractivity contribution in [3.63, 3.8) is 0 Å². The van der Waals surface area contributed by atoms with Gasteiger partial charge in [-0.25, -0.2) is 0 Å². The molecule has 0 aliphatic rings. The molecule has 0 heterocycles. The zero-order valence-electron chi connectivity index (χ0n) is 13.0. The molecule has 0 aliphatic carbocycles. The average Bonchev–Trinajstić information content (AvgIpc) is 2.58. The lowest BCUT2D eigenvalue weighted by Gasteiger charge is -2.12. The second kappa shape index (κ2) is 8.10. The lowest BCUT2D eigenvalue weighted by Crippen LogP contribution is -2.37. The molecule has 5 heteroatoms. The number of carbonyl (C=O) groups excluding carboxylic acids is 2. The second-order valence-corrected chi connectivity index (χ2v) is 5.23. The van der Waals surface area contributed by atoms with Gasteiger partial charge in [0.1, 0.15) is 0 Å². The summed E-state index contributed by atoms with van der Waals surface area (Å²) >= 11 is 0. The minimum Gasteiger partial charge on any atom is -0.378 e. The molecular formula is C18H20N2O3. The van der Waals surface area contributed by atoms with Crippen LogP contribution < -0.4 is 10.6 Å². The molecule has 0 fully saturated rings. The van der Waals surface area contributed by atoms with Crippen molar-refractivity contribution in [3.8, 4) is 0 Å². The molecule has 2 aromatic rings. The summed E-state index contributed by atoms with van der Waals surface area (Å²) in [6, 6.07) is 16.0. The number of aliphatic hydroxyl groups excluding tert-OH is 1. The van der Waals surface area contributed by atoms with Crippen LogP contribution in [0.5, 0.6) is 0 Å². The maximum atomic E-state index is 11.9. The topological polar surface area (TPSA) is 78.4 Å². The van der Waals surface area contributed by atoms with E-state index in [-0.39, 0.29) is 12.5 Å². The number of carbonyl (C=O) groups is 2. The van der Waals surface area contributed by atoms with Gasteiger partial charge in [0.05, 0.1) is 0 Å². The molecular weight excluding hydrogens is 292 g/mol. The molecule has 0 spiro atoms. The van der Waals surface area contributed by atoms with Gasteiger partial charge in [0.2, 0.25) is 0 Å². The number of hydrogen-bond acceptors (Lipinski definition) is 3. The van der Waals surface area contributed by atoms with Gasteiger partial charge >= 0.3 is 0 Å². The van der Waals surface area contributed by atoms with Gasteiger partial charge in [-0.2, -0.15) is 0 Å². The fourth-order valence-electron chi connectivity index (χ4n) is 2.13. The third-order valence-electron chi connectivity index (χ3n) is 3.35. The Balaban J connectivity index is 1.75. The van der Waals surface area contributed by atoms with Crippen LogP contribution in [0.3, 0.4) is 0 Å². The molecule has 120 valence electrons. The molecule has 5 nitrogen and oxygen atoms in total. The van der Waals surface area contributed by atoms with Crippen molar-refractivity contribution in [2.45, 2.75) is 13.0 Å². The predicted molar refractivity (Wildman–Crippen MR) is 87.9 cm³/mol. The smallest absolute Gasteiger partial charge is 0.253 e. The molecule has 0 saturated carbocycles. The number of hydrogen-bond donors (Lipinski definition) is 3. The molecule has 2 rings (SSSR count). The number of aryl methyl sites for hydroxylation is 1. The van der Waals surface area contributed by atoms with Crippen LogP contribution in [0.4, 0.5) is 0 Å². The maximum absolute atomic E-state index is 11.9. The first kappa shape index (κ1) is 16.7. The summed E-state index contributed by atoms with van der Waals surface area (Å²) in [6.45, 7) is 2.46. The number of rotatable bonds is 6. The number of benzene rings is 2. The quantitative estimate of drug-likeness (QED) is 0.709. The highest BCUT2D eigenvalue weighted by molar-refractivity contribution is 5.94. The predicted octanol–water partition coefficient (Wildman–Crippen LogP) is 1.57. The van der Waals surface area contributed by atoms with E-state index in [9.17, 15) is 14.7 Å². The van der Waals surface area contributed by atoms with Crippen LogP contribution in [-0.4, -0.2) is 30.0 Å². The van der Waals surface area contributed by atoms with Crippen LogP contribution in [0.25, 0.3) is 0 Å². The molecule has 2 aromatic carbocycles. The minimum absolute atomic E-state index is 0.188. The van der Waals surface area contributed by atoms with E-state index in [1.54, 1.807) is 36.4 Å². The fourth-order valence-corrected chi connectivity index (χ4v) is 2.13. The largest absolute Gasteiger partial charge is 0.378 e. The third-order valence-corrected chi connectivity index (χ3v) is 3.35. The van der Waals surface area contributed by atoms with Crippen molar-refractivity contribution in [1.82, 2.24) is 10.6 Å². The van der Waals surface area contributed by atoms with Crippen LogP contribution in [0.15, 0.2) is 54.6 Å². The molecule has 23 heavy (non-hydrogen) atoms. The van der Waals surface area contributed by atoms with Gasteiger partial charge in [0.25, 0.3) is 11.8 Å². The van der Waals surface area contributed by atoms with Gasteiger partial charge < -0.3 is 15.7 Å². The van der Waals surface area contributed by atoms with E-state index in [2.05, 4.69) is 10.6 Å². The normalized spacial score (nSPS) is 11.6. The van der Waals surface area contributed by atoms with E-state index >= 15 is 0 Å². The van der Waals surface area contributed by atoms with Crippen LogP contribution in [0.1, 0.15) is 27.6 Å². The number of amides is 2. The first-order chi connectivity index (χ1) is 11.1. The molecule has 2 amide bonds. The van der Waals surface area contributed by atoms with Gasteiger partial charge in [-0.1, -0.05) is 48.0 Å². The Morgan fingerprint density at radius 2 is 1.70 bits per heavy atom. The van der Waals surface area contributed by atoms with E-state index < -0.39 is 12.0 Å². The van der Waals surface area contributed by atoms with Gasteiger partial charge in [-0.3, -0.25) is 9.59 Å². The highest BCUT2D eigenvalue weighted by atomic mass is 16.3. The lowest BCUT2D eigenvalue weighted by molar-refractivity contribution is -0.129. The molecule has 3 N–H and O–H groups in total. The van der Waals surface area contributed by atoms with Gasteiger partial charge in [0, 0.05) is 18.7 Å². The standard InChI is InChI=1S/C18H20N2O3/c1-13-6-5-9-15(12-13)17(22)19-10-11-20-18(23)16(21)14-7-3-2-4-8-14/h2-9,12,16,21H,10-11H2,1H3,(H,19,22)(H,20,23). The Hall–Kier alpha value is -2.66. The summed E-state index contributed by atoms with van der Waals surface area (Å²) in [5, 5.41) is 15.2. The zero-order chi connectivity index (χ0) is 16.7. The summed E-state index contributed by atoms with van der Waals surface area (Å²) in [6.07, 6.45) is -1.20. The molecule has 0 aliphatic heterocycles. The Kier molecular flexibility index (Phi) is 5.88. The first-order valence-corrected chi connectivity index (χ1v) is 7.43. The van der Waals surface area contributed by atoms with Crippen molar-refractivity contribution >= 4 is 11.8 Å². The molecule has 0 bridgehead atoms. The van der Waals surface area contributed by atoms with E-state index in [0.29, 0.717) is 17.7 Å². The Bertz CT molecular complexity index is 671. The van der Waals surface area contributed by atoms with Crippen molar-refractivity contribution in [3.05, 3.63) is 71.3 Å². The van der Waals surface area contributed by atoms with E-state index in [0.717, 1.165) is 5.56 Å². The monoisotopic (exact) mass is 312 g/mol. The third kappa shape index (κ3) is 4.93. The molecule has 0 saturated heterocycles. The van der Waals surface area contributed by atoms with Gasteiger partial charge in [-0.15, -0.1) is 0 Å². The number of aliphatic hydroxyl groups is 1. The molecule has 1 atom stereocenters. The van der Waals surface area contributed by atoms with Crippen LogP contribution >= 0.6 is 0 Å². The van der Waals surface area contributed by atoms with E-state index in [4.69, 9.17) is 0 Å². The summed E-state index contributed by atoms with van der Waals surface area (Å²) in [5.74, 6) is -0.674. The minimum atomic E-state index is -1.20. The molecule has 1 unspecified atom stereocenters. The van der Waals surface area contributed by atoms with Crippen molar-refractivity contribution in [1.29, 1.82) is 0 Å². The second-order valence-electron chi connectivity index (χ2n) is 5.23. The van der Waals surface area contributed by atoms with Crippen LogP contribution in [0, 0.1) is 6.92 Å². The summed E-state index contributed by atoms with van der Waals surface area (Å²) in [4.78, 5) is 23.8.